The van der Waals surface area contributed by atoms with E-state index in [-0.39, 0.29) is 5.91 Å². The topological polar surface area (TPSA) is 75.1 Å². The molecular formula is C17H22N6O. The summed E-state index contributed by atoms with van der Waals surface area (Å²) in [7, 11) is 3.94. The van der Waals surface area contributed by atoms with Gasteiger partial charge in [-0.25, -0.2) is 4.98 Å². The van der Waals surface area contributed by atoms with Crippen molar-refractivity contribution in [1.82, 2.24) is 25.1 Å². The van der Waals surface area contributed by atoms with Crippen LogP contribution in [0.15, 0.2) is 30.7 Å². The summed E-state index contributed by atoms with van der Waals surface area (Å²) in [5.41, 5.74) is 1.40. The first-order valence-corrected chi connectivity index (χ1v) is 8.19. The van der Waals surface area contributed by atoms with Crippen molar-refractivity contribution in [1.29, 1.82) is 0 Å². The smallest absolute Gasteiger partial charge is 0.274 e. The van der Waals surface area contributed by atoms with Crippen LogP contribution in [0.25, 0.3) is 0 Å². The van der Waals surface area contributed by atoms with Gasteiger partial charge in [0.05, 0.1) is 5.69 Å². The summed E-state index contributed by atoms with van der Waals surface area (Å²) in [6.45, 7) is 1.49. The molecule has 2 aromatic rings. The van der Waals surface area contributed by atoms with Gasteiger partial charge in [0.15, 0.2) is 5.69 Å². The molecule has 0 unspecified atom stereocenters. The quantitative estimate of drug-likeness (QED) is 0.846. The minimum absolute atomic E-state index is 0.0419. The number of nitrogens with zero attached hydrogens (tertiary/aromatic N) is 6. The Morgan fingerprint density at radius 2 is 2.12 bits per heavy atom. The minimum Gasteiger partial charge on any atom is -0.361 e. The largest absolute Gasteiger partial charge is 0.361 e. The Morgan fingerprint density at radius 3 is 2.88 bits per heavy atom. The number of rotatable bonds is 4. The van der Waals surface area contributed by atoms with Gasteiger partial charge in [0, 0.05) is 45.8 Å². The third-order valence-electron chi connectivity index (χ3n) is 4.26. The molecule has 0 aliphatic carbocycles. The van der Waals surface area contributed by atoms with E-state index in [4.69, 9.17) is 0 Å². The van der Waals surface area contributed by atoms with Crippen LogP contribution in [0.5, 0.6) is 0 Å². The van der Waals surface area contributed by atoms with E-state index in [0.29, 0.717) is 11.6 Å². The molecule has 0 radical (unpaired) electrons. The van der Waals surface area contributed by atoms with Gasteiger partial charge in [-0.2, -0.15) is 5.10 Å². The van der Waals surface area contributed by atoms with Crippen LogP contribution in [0.3, 0.4) is 0 Å². The molecule has 0 N–H and O–H groups in total. The predicted octanol–water partition coefficient (Wildman–Crippen LogP) is 1.43. The molecule has 7 heteroatoms. The van der Waals surface area contributed by atoms with E-state index in [0.717, 1.165) is 43.9 Å². The number of anilines is 1. The van der Waals surface area contributed by atoms with Crippen LogP contribution in [0, 0.1) is 5.92 Å². The Balaban J connectivity index is 1.69. The lowest BCUT2D eigenvalue weighted by Crippen LogP contribution is -2.41. The summed E-state index contributed by atoms with van der Waals surface area (Å²) >= 11 is 0. The van der Waals surface area contributed by atoms with Gasteiger partial charge in [-0.15, -0.1) is 5.10 Å². The van der Waals surface area contributed by atoms with Crippen molar-refractivity contribution in [3.8, 4) is 0 Å². The number of hydrogen-bond acceptors (Lipinski definition) is 6. The van der Waals surface area contributed by atoms with E-state index in [1.54, 1.807) is 30.7 Å². The molecule has 0 saturated carbocycles. The molecule has 7 nitrogen and oxygen atoms in total. The molecule has 1 atom stereocenters. The van der Waals surface area contributed by atoms with Crippen molar-refractivity contribution in [2.24, 2.45) is 5.92 Å². The number of piperidine rings is 1. The van der Waals surface area contributed by atoms with E-state index >= 15 is 0 Å². The van der Waals surface area contributed by atoms with Gasteiger partial charge >= 0.3 is 0 Å². The minimum atomic E-state index is -0.0419. The Bertz CT molecular complexity index is 690. The van der Waals surface area contributed by atoms with Crippen molar-refractivity contribution in [2.45, 2.75) is 19.3 Å². The normalized spacial score (nSPS) is 17.6. The molecule has 1 aliphatic rings. The first-order valence-electron chi connectivity index (χ1n) is 8.19. The maximum atomic E-state index is 12.6. The molecule has 1 amide bonds. The maximum Gasteiger partial charge on any atom is 0.274 e. The van der Waals surface area contributed by atoms with Crippen molar-refractivity contribution in [3.63, 3.8) is 0 Å². The van der Waals surface area contributed by atoms with Crippen molar-refractivity contribution >= 4 is 11.7 Å². The SMILES string of the molecule is CN(C)c1nccnc1C[C@@H]1CCCN(C(=O)c2cccnn2)C1. The van der Waals surface area contributed by atoms with Crippen LogP contribution in [-0.4, -0.2) is 58.2 Å². The molecule has 0 spiro atoms. The van der Waals surface area contributed by atoms with Crippen LogP contribution >= 0.6 is 0 Å². The second kappa shape index (κ2) is 7.33. The first kappa shape index (κ1) is 16.3. The monoisotopic (exact) mass is 326 g/mol. The highest BCUT2D eigenvalue weighted by atomic mass is 16.2. The zero-order valence-electron chi connectivity index (χ0n) is 14.1. The summed E-state index contributed by atoms with van der Waals surface area (Å²) in [4.78, 5) is 25.3. The fourth-order valence-corrected chi connectivity index (χ4v) is 3.14. The summed E-state index contributed by atoms with van der Waals surface area (Å²) in [5, 5.41) is 7.73. The molecule has 126 valence electrons. The van der Waals surface area contributed by atoms with Gasteiger partial charge in [0.2, 0.25) is 0 Å². The van der Waals surface area contributed by atoms with Crippen molar-refractivity contribution in [3.05, 3.63) is 42.1 Å². The Morgan fingerprint density at radius 1 is 1.29 bits per heavy atom. The summed E-state index contributed by atoms with van der Waals surface area (Å²) < 4.78 is 0. The molecule has 0 bridgehead atoms. The molecule has 24 heavy (non-hydrogen) atoms. The van der Waals surface area contributed by atoms with Gasteiger partial charge in [-0.05, 0) is 37.3 Å². The zero-order chi connectivity index (χ0) is 16.9. The van der Waals surface area contributed by atoms with Crippen LogP contribution in [0.1, 0.15) is 29.0 Å². The summed E-state index contributed by atoms with van der Waals surface area (Å²) in [6.07, 6.45) is 7.93. The molecule has 3 heterocycles. The molecule has 1 fully saturated rings. The molecular weight excluding hydrogens is 304 g/mol. The fourth-order valence-electron chi connectivity index (χ4n) is 3.14. The molecule has 3 rings (SSSR count). The first-order chi connectivity index (χ1) is 11.6. The van der Waals surface area contributed by atoms with Crippen molar-refractivity contribution in [2.75, 3.05) is 32.1 Å². The van der Waals surface area contributed by atoms with E-state index in [9.17, 15) is 4.79 Å². The molecule has 0 aromatic carbocycles. The van der Waals surface area contributed by atoms with Crippen LogP contribution in [0.4, 0.5) is 5.82 Å². The standard InChI is InChI=1S/C17H22N6O/c1-22(2)16-15(18-8-9-19-16)11-13-5-4-10-23(12-13)17(24)14-6-3-7-20-21-14/h3,6-9,13H,4-5,10-12H2,1-2H3/t13-/m0/s1. The Labute approximate surface area is 141 Å². The molecule has 1 aliphatic heterocycles. The zero-order valence-corrected chi connectivity index (χ0v) is 14.1. The van der Waals surface area contributed by atoms with E-state index in [2.05, 4.69) is 20.2 Å². The number of carbonyl (C=O) groups excluding carboxylic acids is 1. The average molecular weight is 326 g/mol. The van der Waals surface area contributed by atoms with Crippen LogP contribution in [0.2, 0.25) is 0 Å². The lowest BCUT2D eigenvalue weighted by molar-refractivity contribution is 0.0665. The molecule has 2 aromatic heterocycles. The third kappa shape index (κ3) is 3.67. The van der Waals surface area contributed by atoms with Gasteiger partial charge in [0.25, 0.3) is 5.91 Å². The van der Waals surface area contributed by atoms with Crippen molar-refractivity contribution < 1.29 is 4.79 Å². The molecule has 1 saturated heterocycles. The highest BCUT2D eigenvalue weighted by molar-refractivity contribution is 5.92. The average Bonchev–Trinajstić information content (AvgIpc) is 2.62. The Kier molecular flexibility index (Phi) is 4.98. The van der Waals surface area contributed by atoms with Gasteiger partial charge in [-0.3, -0.25) is 9.78 Å². The number of carbonyl (C=O) groups is 1. The summed E-state index contributed by atoms with van der Waals surface area (Å²) in [6, 6.07) is 3.45. The number of amides is 1. The summed E-state index contributed by atoms with van der Waals surface area (Å²) in [5.74, 6) is 1.24. The fraction of sp³-hybridized carbons (Fsp3) is 0.471. The lowest BCUT2D eigenvalue weighted by Gasteiger charge is -2.32. The van der Waals surface area contributed by atoms with E-state index in [1.165, 1.54) is 0 Å². The van der Waals surface area contributed by atoms with Crippen LogP contribution in [-0.2, 0) is 6.42 Å². The van der Waals surface area contributed by atoms with E-state index < -0.39 is 0 Å². The highest BCUT2D eigenvalue weighted by Gasteiger charge is 2.26. The lowest BCUT2D eigenvalue weighted by atomic mass is 9.93. The van der Waals surface area contributed by atoms with E-state index in [1.807, 2.05) is 23.9 Å². The number of aromatic nitrogens is 4. The number of hydrogen-bond donors (Lipinski definition) is 0. The Hall–Kier alpha value is -2.57. The maximum absolute atomic E-state index is 12.6. The van der Waals surface area contributed by atoms with Gasteiger partial charge < -0.3 is 9.80 Å². The second-order valence-electron chi connectivity index (χ2n) is 6.29. The van der Waals surface area contributed by atoms with Crippen LogP contribution < -0.4 is 4.90 Å². The predicted molar refractivity (Wildman–Crippen MR) is 90.7 cm³/mol. The third-order valence-corrected chi connectivity index (χ3v) is 4.26. The van der Waals surface area contributed by atoms with Gasteiger partial charge in [0.1, 0.15) is 5.82 Å². The second-order valence-corrected chi connectivity index (χ2v) is 6.29. The van der Waals surface area contributed by atoms with Gasteiger partial charge in [-0.1, -0.05) is 0 Å². The number of likely N-dealkylation sites (tertiary alicyclic amines) is 1. The highest BCUT2D eigenvalue weighted by Crippen LogP contribution is 2.24.